The summed E-state index contributed by atoms with van der Waals surface area (Å²) in [5.74, 6) is 1.96. The van der Waals surface area contributed by atoms with E-state index in [0.29, 0.717) is 6.10 Å². The molecule has 1 atom stereocenters. The van der Waals surface area contributed by atoms with Crippen LogP contribution in [0.25, 0.3) is 0 Å². The fraction of sp³-hybridized carbons (Fsp3) is 0.667. The van der Waals surface area contributed by atoms with Crippen LogP contribution < -0.4 is 10.5 Å². The van der Waals surface area contributed by atoms with Crippen LogP contribution in [-0.2, 0) is 6.42 Å². The molecule has 2 nitrogen and oxygen atoms in total. The quantitative estimate of drug-likeness (QED) is 0.872. The highest BCUT2D eigenvalue weighted by Crippen LogP contribution is 2.31. The maximum Gasteiger partial charge on any atom is 0.122 e. The lowest BCUT2D eigenvalue weighted by Crippen LogP contribution is -2.25. The monoisotopic (exact) mass is 275 g/mol. The zero-order valence-corrected chi connectivity index (χ0v) is 13.2. The van der Waals surface area contributed by atoms with Gasteiger partial charge in [0.1, 0.15) is 5.75 Å². The van der Waals surface area contributed by atoms with Gasteiger partial charge in [0.15, 0.2) is 0 Å². The molecular weight excluding hydrogens is 246 g/mol. The number of rotatable bonds is 5. The van der Waals surface area contributed by atoms with Crippen molar-refractivity contribution in [2.45, 2.75) is 71.4 Å². The van der Waals surface area contributed by atoms with Crippen LogP contribution in [0.15, 0.2) is 18.2 Å². The molecule has 1 fully saturated rings. The Morgan fingerprint density at radius 2 is 1.95 bits per heavy atom. The standard InChI is InChI=1S/C18H29NO/c1-4-15-6-8-17(9-7-15)20-18-10-5-13(2)11-16(18)12-14(3)19/h5,10-11,14-15,17H,4,6-9,12,19H2,1-3H3. The first kappa shape index (κ1) is 15.4. The number of hydrogen-bond donors (Lipinski definition) is 1. The van der Waals surface area contributed by atoms with Gasteiger partial charge in [-0.05, 0) is 63.5 Å². The zero-order valence-electron chi connectivity index (χ0n) is 13.2. The van der Waals surface area contributed by atoms with Gasteiger partial charge in [-0.3, -0.25) is 0 Å². The lowest BCUT2D eigenvalue weighted by Gasteiger charge is -2.29. The number of hydrogen-bond acceptors (Lipinski definition) is 2. The van der Waals surface area contributed by atoms with E-state index >= 15 is 0 Å². The molecule has 1 saturated carbocycles. The first-order valence-corrected chi connectivity index (χ1v) is 8.10. The van der Waals surface area contributed by atoms with Gasteiger partial charge in [0, 0.05) is 6.04 Å². The second-order valence-electron chi connectivity index (χ2n) is 6.46. The second kappa shape index (κ2) is 7.12. The van der Waals surface area contributed by atoms with Gasteiger partial charge in [-0.1, -0.05) is 31.0 Å². The Morgan fingerprint density at radius 3 is 2.55 bits per heavy atom. The molecule has 112 valence electrons. The first-order chi connectivity index (χ1) is 9.58. The first-order valence-electron chi connectivity index (χ1n) is 8.10. The Balaban J connectivity index is 2.01. The van der Waals surface area contributed by atoms with Gasteiger partial charge >= 0.3 is 0 Å². The van der Waals surface area contributed by atoms with Gasteiger partial charge in [-0.25, -0.2) is 0 Å². The summed E-state index contributed by atoms with van der Waals surface area (Å²) in [5, 5.41) is 0. The van der Waals surface area contributed by atoms with Crippen molar-refractivity contribution in [3.05, 3.63) is 29.3 Å². The lowest BCUT2D eigenvalue weighted by atomic mass is 9.86. The fourth-order valence-electron chi connectivity index (χ4n) is 3.17. The molecular formula is C18H29NO. The summed E-state index contributed by atoms with van der Waals surface area (Å²) in [5.41, 5.74) is 8.50. The van der Waals surface area contributed by atoms with E-state index in [1.807, 2.05) is 0 Å². The average Bonchev–Trinajstić information content (AvgIpc) is 2.42. The number of aryl methyl sites for hydroxylation is 1. The third-order valence-corrected chi connectivity index (χ3v) is 4.42. The Hall–Kier alpha value is -1.02. The number of ether oxygens (including phenoxy) is 1. The average molecular weight is 275 g/mol. The van der Waals surface area contributed by atoms with Crippen LogP contribution in [0.5, 0.6) is 5.75 Å². The molecule has 0 heterocycles. The van der Waals surface area contributed by atoms with E-state index in [1.54, 1.807) is 0 Å². The van der Waals surface area contributed by atoms with E-state index in [2.05, 4.69) is 39.0 Å². The molecule has 0 spiro atoms. The van der Waals surface area contributed by atoms with Crippen LogP contribution in [0.4, 0.5) is 0 Å². The molecule has 0 radical (unpaired) electrons. The molecule has 0 aliphatic heterocycles. The number of nitrogens with two attached hydrogens (primary N) is 1. The highest BCUT2D eigenvalue weighted by atomic mass is 16.5. The normalized spacial score (nSPS) is 24.4. The van der Waals surface area contributed by atoms with E-state index in [-0.39, 0.29) is 6.04 Å². The molecule has 1 aliphatic carbocycles. The molecule has 0 amide bonds. The smallest absolute Gasteiger partial charge is 0.122 e. The van der Waals surface area contributed by atoms with Gasteiger partial charge in [-0.2, -0.15) is 0 Å². The molecule has 20 heavy (non-hydrogen) atoms. The molecule has 0 aromatic heterocycles. The molecule has 1 unspecified atom stereocenters. The minimum absolute atomic E-state index is 0.176. The summed E-state index contributed by atoms with van der Waals surface area (Å²) in [6, 6.07) is 6.66. The van der Waals surface area contributed by atoms with Gasteiger partial charge < -0.3 is 10.5 Å². The van der Waals surface area contributed by atoms with Crippen molar-refractivity contribution in [3.63, 3.8) is 0 Å². The predicted octanol–water partition coefficient (Wildman–Crippen LogP) is 4.23. The third kappa shape index (κ3) is 4.24. The Labute approximate surface area is 123 Å². The molecule has 0 saturated heterocycles. The number of benzene rings is 1. The molecule has 2 rings (SSSR count). The molecule has 2 N–H and O–H groups in total. The maximum absolute atomic E-state index is 6.28. The minimum Gasteiger partial charge on any atom is -0.490 e. The zero-order chi connectivity index (χ0) is 14.5. The molecule has 1 aromatic rings. The second-order valence-corrected chi connectivity index (χ2v) is 6.46. The topological polar surface area (TPSA) is 35.2 Å². The summed E-state index contributed by atoms with van der Waals surface area (Å²) >= 11 is 0. The maximum atomic E-state index is 6.28. The SMILES string of the molecule is CCC1CCC(Oc2ccc(C)cc2CC(C)N)CC1. The van der Waals surface area contributed by atoms with Crippen LogP contribution in [-0.4, -0.2) is 12.1 Å². The van der Waals surface area contributed by atoms with Gasteiger partial charge in [0.25, 0.3) is 0 Å². The highest BCUT2D eigenvalue weighted by Gasteiger charge is 2.22. The fourth-order valence-corrected chi connectivity index (χ4v) is 3.17. The summed E-state index contributed by atoms with van der Waals surface area (Å²) in [6.45, 7) is 6.48. The Kier molecular flexibility index (Phi) is 5.47. The lowest BCUT2D eigenvalue weighted by molar-refractivity contribution is 0.128. The van der Waals surface area contributed by atoms with Crippen LogP contribution in [0, 0.1) is 12.8 Å². The van der Waals surface area contributed by atoms with Gasteiger partial charge in [-0.15, -0.1) is 0 Å². The molecule has 0 bridgehead atoms. The Bertz CT molecular complexity index is 419. The largest absolute Gasteiger partial charge is 0.490 e. The molecule has 1 aromatic carbocycles. The summed E-state index contributed by atoms with van der Waals surface area (Å²) in [7, 11) is 0. The van der Waals surface area contributed by atoms with Crippen LogP contribution in [0.3, 0.4) is 0 Å². The van der Waals surface area contributed by atoms with Gasteiger partial charge in [0.2, 0.25) is 0 Å². The van der Waals surface area contributed by atoms with Crippen molar-refractivity contribution < 1.29 is 4.74 Å². The highest BCUT2D eigenvalue weighted by molar-refractivity contribution is 5.37. The van der Waals surface area contributed by atoms with Gasteiger partial charge in [0.05, 0.1) is 6.10 Å². The summed E-state index contributed by atoms with van der Waals surface area (Å²) in [4.78, 5) is 0. The van der Waals surface area contributed by atoms with E-state index in [4.69, 9.17) is 10.5 Å². The van der Waals surface area contributed by atoms with Crippen molar-refractivity contribution >= 4 is 0 Å². The van der Waals surface area contributed by atoms with E-state index in [9.17, 15) is 0 Å². The van der Waals surface area contributed by atoms with E-state index < -0.39 is 0 Å². The van der Waals surface area contributed by atoms with E-state index in [0.717, 1.165) is 18.1 Å². The van der Waals surface area contributed by atoms with Crippen molar-refractivity contribution in [2.24, 2.45) is 11.7 Å². The Morgan fingerprint density at radius 1 is 1.25 bits per heavy atom. The van der Waals surface area contributed by atoms with Crippen molar-refractivity contribution in [3.8, 4) is 5.75 Å². The summed E-state index contributed by atoms with van der Waals surface area (Å²) in [6.07, 6.45) is 7.63. The van der Waals surface area contributed by atoms with Crippen molar-refractivity contribution in [1.29, 1.82) is 0 Å². The van der Waals surface area contributed by atoms with Crippen molar-refractivity contribution in [1.82, 2.24) is 0 Å². The predicted molar refractivity (Wildman–Crippen MR) is 85.2 cm³/mol. The minimum atomic E-state index is 0.176. The van der Waals surface area contributed by atoms with Crippen LogP contribution >= 0.6 is 0 Å². The summed E-state index contributed by atoms with van der Waals surface area (Å²) < 4.78 is 6.28. The van der Waals surface area contributed by atoms with Crippen molar-refractivity contribution in [2.75, 3.05) is 0 Å². The van der Waals surface area contributed by atoms with E-state index in [1.165, 1.54) is 43.2 Å². The van der Waals surface area contributed by atoms with Crippen LogP contribution in [0.2, 0.25) is 0 Å². The molecule has 2 heteroatoms. The van der Waals surface area contributed by atoms with Crippen LogP contribution in [0.1, 0.15) is 57.1 Å². The third-order valence-electron chi connectivity index (χ3n) is 4.42. The molecule has 1 aliphatic rings.